The van der Waals surface area contributed by atoms with Crippen LogP contribution in [-0.2, 0) is 22.6 Å². The fraction of sp³-hybridized carbons (Fsp3) is 0.344. The average molecular weight is 575 g/mol. The van der Waals surface area contributed by atoms with Crippen molar-refractivity contribution in [2.24, 2.45) is 0 Å². The highest BCUT2D eigenvalue weighted by Gasteiger charge is 2.49. The third-order valence-electron chi connectivity index (χ3n) is 7.32. The molecule has 0 bridgehead atoms. The molecule has 1 aliphatic rings. The molecule has 4 N–H and O–H groups in total. The molecule has 3 aromatic rings. The number of hydrogen-bond donors (Lipinski definition) is 4. The number of hydrogen-bond acceptors (Lipinski definition) is 5. The molecule has 4 rings (SSSR count). The molecule has 1 heterocycles. The number of aliphatic hydroxyl groups excluding tert-OH is 1. The number of carbonyl (C=O) groups is 3. The summed E-state index contributed by atoms with van der Waals surface area (Å²) in [4.78, 5) is 41.7. The van der Waals surface area contributed by atoms with Gasteiger partial charge in [0.15, 0.2) is 6.10 Å². The van der Waals surface area contributed by atoms with E-state index in [-0.39, 0.29) is 18.2 Å². The van der Waals surface area contributed by atoms with E-state index in [2.05, 4.69) is 16.0 Å². The molecule has 4 amide bonds. The molecule has 3 atom stereocenters. The van der Waals surface area contributed by atoms with Gasteiger partial charge in [0.05, 0.1) is 11.9 Å². The molecule has 0 aliphatic carbocycles. The molecule has 9 heteroatoms. The molecule has 3 unspecified atom stereocenters. The molecule has 8 nitrogen and oxygen atoms in total. The number of urea groups is 1. The normalized spacial score (nSPS) is 17.4. The number of carbonyl (C=O) groups excluding carboxylic acids is 3. The number of thioether (sulfide) groups is 1. The van der Waals surface area contributed by atoms with E-state index in [0.717, 1.165) is 22.3 Å². The van der Waals surface area contributed by atoms with Crippen molar-refractivity contribution < 1.29 is 19.5 Å². The van der Waals surface area contributed by atoms with Gasteiger partial charge in [0.25, 0.3) is 5.91 Å². The molecular weight excluding hydrogens is 536 g/mol. The smallest absolute Gasteiger partial charge is 0.319 e. The van der Waals surface area contributed by atoms with Gasteiger partial charge in [0, 0.05) is 17.0 Å². The number of anilines is 1. The Bertz CT molecular complexity index is 1380. The van der Waals surface area contributed by atoms with E-state index in [1.54, 1.807) is 6.07 Å². The molecular formula is C32H38N4O4S. The van der Waals surface area contributed by atoms with Gasteiger partial charge in [-0.15, -0.1) is 11.8 Å². The predicted octanol–water partition coefficient (Wildman–Crippen LogP) is 4.39. The van der Waals surface area contributed by atoms with Crippen LogP contribution in [0.25, 0.3) is 0 Å². The molecule has 0 spiro atoms. The second-order valence-corrected chi connectivity index (χ2v) is 12.5. The Labute approximate surface area is 245 Å². The molecule has 1 saturated heterocycles. The molecule has 3 aromatic carbocycles. The highest BCUT2D eigenvalue weighted by atomic mass is 32.2. The van der Waals surface area contributed by atoms with Crippen molar-refractivity contribution >= 4 is 35.3 Å². The quantitative estimate of drug-likeness (QED) is 0.303. The molecule has 0 saturated carbocycles. The van der Waals surface area contributed by atoms with Crippen molar-refractivity contribution in [1.29, 1.82) is 0 Å². The van der Waals surface area contributed by atoms with Crippen molar-refractivity contribution in [3.05, 3.63) is 101 Å². The summed E-state index contributed by atoms with van der Waals surface area (Å²) in [5, 5.41) is 20.0. The first-order valence-electron chi connectivity index (χ1n) is 13.7. The van der Waals surface area contributed by atoms with Crippen LogP contribution in [0.2, 0.25) is 0 Å². The van der Waals surface area contributed by atoms with Gasteiger partial charge in [0.2, 0.25) is 5.91 Å². The minimum atomic E-state index is -1.57. The zero-order chi connectivity index (χ0) is 29.6. The number of aryl methyl sites for hydroxylation is 2. The second kappa shape index (κ2) is 13.2. The summed E-state index contributed by atoms with van der Waals surface area (Å²) in [6, 6.07) is 22.3. The summed E-state index contributed by atoms with van der Waals surface area (Å²) in [5.41, 5.74) is 4.50. The topological polar surface area (TPSA) is 111 Å². The Morgan fingerprint density at radius 1 is 1.00 bits per heavy atom. The first-order chi connectivity index (χ1) is 19.5. The standard InChI is InChI=1S/C32H38N4O4S/c1-21-11-10-16-25(17-21)34-31(40)35-26(18-23-13-6-5-7-14-23)27(37)30(39)36-20-41-32(3,4)28(36)29(38)33-19-24-15-9-8-12-22(24)2/h5-17,26-28,37H,18-20H2,1-4H3,(H,33,38)(H2,34,35,40). The number of amides is 4. The second-order valence-electron chi connectivity index (χ2n) is 10.9. The number of nitrogens with one attached hydrogen (secondary N) is 3. The van der Waals surface area contributed by atoms with Gasteiger partial charge in [0.1, 0.15) is 6.04 Å². The Hall–Kier alpha value is -3.82. The van der Waals surface area contributed by atoms with E-state index in [0.29, 0.717) is 12.2 Å². The van der Waals surface area contributed by atoms with E-state index in [1.165, 1.54) is 16.7 Å². The maximum atomic E-state index is 13.8. The lowest BCUT2D eigenvalue weighted by atomic mass is 9.97. The predicted molar refractivity (Wildman–Crippen MR) is 163 cm³/mol. The number of aliphatic hydroxyl groups is 1. The Morgan fingerprint density at radius 3 is 2.41 bits per heavy atom. The zero-order valence-electron chi connectivity index (χ0n) is 23.9. The highest BCUT2D eigenvalue weighted by molar-refractivity contribution is 8.00. The van der Waals surface area contributed by atoms with Gasteiger partial charge in [-0.05, 0) is 68.5 Å². The van der Waals surface area contributed by atoms with E-state index in [4.69, 9.17) is 0 Å². The lowest BCUT2D eigenvalue weighted by Crippen LogP contribution is -2.59. The summed E-state index contributed by atoms with van der Waals surface area (Å²) in [6.07, 6.45) is -1.34. The average Bonchev–Trinajstić information content (AvgIpc) is 3.26. The fourth-order valence-corrected chi connectivity index (χ4v) is 6.15. The van der Waals surface area contributed by atoms with Crippen LogP contribution in [0.4, 0.5) is 10.5 Å². The SMILES string of the molecule is Cc1cccc(NC(=O)NC(Cc2ccccc2)C(O)C(=O)N2CSC(C)(C)C2C(=O)NCc2ccccc2C)c1. The fourth-order valence-electron chi connectivity index (χ4n) is 5.01. The minimum Gasteiger partial charge on any atom is -0.381 e. The van der Waals surface area contributed by atoms with Crippen molar-refractivity contribution in [2.45, 2.75) is 63.6 Å². The summed E-state index contributed by atoms with van der Waals surface area (Å²) < 4.78 is -0.573. The first-order valence-corrected chi connectivity index (χ1v) is 14.7. The lowest BCUT2D eigenvalue weighted by molar-refractivity contribution is -0.147. The van der Waals surface area contributed by atoms with Crippen molar-refractivity contribution in [3.8, 4) is 0 Å². The van der Waals surface area contributed by atoms with Crippen LogP contribution in [-0.4, -0.2) is 56.7 Å². The molecule has 1 fully saturated rings. The van der Waals surface area contributed by atoms with Gasteiger partial charge in [-0.1, -0.05) is 66.7 Å². The third-order valence-corrected chi connectivity index (χ3v) is 8.69. The largest absolute Gasteiger partial charge is 0.381 e. The van der Waals surface area contributed by atoms with Gasteiger partial charge < -0.3 is 26.0 Å². The lowest BCUT2D eigenvalue weighted by Gasteiger charge is -2.33. The Kier molecular flexibility index (Phi) is 9.73. The van der Waals surface area contributed by atoms with Crippen LogP contribution >= 0.6 is 11.8 Å². The molecule has 1 aliphatic heterocycles. The number of nitrogens with zero attached hydrogens (tertiary/aromatic N) is 1. The van der Waals surface area contributed by atoms with Crippen molar-refractivity contribution in [2.75, 3.05) is 11.2 Å². The minimum absolute atomic E-state index is 0.226. The number of benzene rings is 3. The van der Waals surface area contributed by atoms with Gasteiger partial charge >= 0.3 is 6.03 Å². The highest BCUT2D eigenvalue weighted by Crippen LogP contribution is 2.40. The maximum absolute atomic E-state index is 13.8. The van der Waals surface area contributed by atoms with Crippen LogP contribution in [0, 0.1) is 13.8 Å². The van der Waals surface area contributed by atoms with Crippen LogP contribution in [0.1, 0.15) is 36.1 Å². The Morgan fingerprint density at radius 2 is 1.71 bits per heavy atom. The summed E-state index contributed by atoms with van der Waals surface area (Å²) >= 11 is 1.48. The molecule has 216 valence electrons. The molecule has 0 aromatic heterocycles. The summed E-state index contributed by atoms with van der Waals surface area (Å²) in [5.74, 6) is -0.636. The van der Waals surface area contributed by atoms with Gasteiger partial charge in [-0.25, -0.2) is 4.79 Å². The first kappa shape index (κ1) is 30.1. The molecule has 0 radical (unpaired) electrons. The van der Waals surface area contributed by atoms with E-state index in [9.17, 15) is 19.5 Å². The Balaban J connectivity index is 1.51. The molecule has 41 heavy (non-hydrogen) atoms. The summed E-state index contributed by atoms with van der Waals surface area (Å²) in [7, 11) is 0. The van der Waals surface area contributed by atoms with Crippen LogP contribution in [0.5, 0.6) is 0 Å². The number of rotatable bonds is 9. The van der Waals surface area contributed by atoms with Gasteiger partial charge in [-0.2, -0.15) is 0 Å². The van der Waals surface area contributed by atoms with E-state index >= 15 is 0 Å². The van der Waals surface area contributed by atoms with Crippen molar-refractivity contribution in [1.82, 2.24) is 15.5 Å². The third kappa shape index (κ3) is 7.68. The summed E-state index contributed by atoms with van der Waals surface area (Å²) in [6.45, 7) is 8.09. The maximum Gasteiger partial charge on any atom is 0.319 e. The monoisotopic (exact) mass is 574 g/mol. The van der Waals surface area contributed by atoms with E-state index in [1.807, 2.05) is 100 Å². The van der Waals surface area contributed by atoms with Crippen LogP contribution in [0.15, 0.2) is 78.9 Å². The van der Waals surface area contributed by atoms with E-state index < -0.39 is 34.9 Å². The van der Waals surface area contributed by atoms with Gasteiger partial charge in [-0.3, -0.25) is 9.59 Å². The zero-order valence-corrected chi connectivity index (χ0v) is 24.7. The van der Waals surface area contributed by atoms with Crippen LogP contribution in [0.3, 0.4) is 0 Å². The van der Waals surface area contributed by atoms with Crippen molar-refractivity contribution in [3.63, 3.8) is 0 Å². The van der Waals surface area contributed by atoms with Crippen LogP contribution < -0.4 is 16.0 Å².